The van der Waals surface area contributed by atoms with E-state index in [1.807, 2.05) is 56.3 Å². The van der Waals surface area contributed by atoms with E-state index in [9.17, 15) is 23.6 Å². The van der Waals surface area contributed by atoms with Crippen LogP contribution in [-0.4, -0.2) is 58.7 Å². The van der Waals surface area contributed by atoms with Gasteiger partial charge in [-0.3, -0.25) is 24.2 Å². The maximum Gasteiger partial charge on any atom is 0.245 e. The van der Waals surface area contributed by atoms with Crippen LogP contribution < -0.4 is 20.7 Å². The lowest BCUT2D eigenvalue weighted by Crippen LogP contribution is -2.57. The number of hydrogen-bond donors (Lipinski definition) is 3. The Labute approximate surface area is 291 Å². The van der Waals surface area contributed by atoms with Gasteiger partial charge in [-0.1, -0.05) is 68.4 Å². The van der Waals surface area contributed by atoms with Gasteiger partial charge in [0.2, 0.25) is 23.6 Å². The number of hydrogen-bond acceptors (Lipinski definition) is 6. The predicted molar refractivity (Wildman–Crippen MR) is 186 cm³/mol. The van der Waals surface area contributed by atoms with E-state index in [-0.39, 0.29) is 43.4 Å². The Hall–Kier alpha value is -5.58. The van der Waals surface area contributed by atoms with Crippen LogP contribution in [0.1, 0.15) is 42.7 Å². The van der Waals surface area contributed by atoms with Crippen molar-refractivity contribution in [3.05, 3.63) is 125 Å². The largest absolute Gasteiger partial charge is 0.454 e. The van der Waals surface area contributed by atoms with E-state index in [2.05, 4.69) is 20.9 Å². The van der Waals surface area contributed by atoms with Gasteiger partial charge in [0.1, 0.15) is 23.9 Å². The van der Waals surface area contributed by atoms with Crippen LogP contribution in [0.5, 0.6) is 11.5 Å². The molecule has 6 rings (SSSR count). The van der Waals surface area contributed by atoms with Crippen molar-refractivity contribution in [1.82, 2.24) is 25.8 Å². The number of amides is 4. The predicted octanol–water partition coefficient (Wildman–Crippen LogP) is 4.51. The fraction of sp³-hybridized carbons (Fsp3) is 0.308. The number of ether oxygens (including phenoxy) is 1. The van der Waals surface area contributed by atoms with Crippen LogP contribution >= 0.6 is 0 Å². The molecule has 0 aliphatic carbocycles. The third-order valence-electron chi connectivity index (χ3n) is 8.34. The van der Waals surface area contributed by atoms with E-state index in [0.717, 1.165) is 11.1 Å². The summed E-state index contributed by atoms with van der Waals surface area (Å²) >= 11 is 0. The first-order chi connectivity index (χ1) is 24.0. The average molecular weight is 680 g/mol. The molecule has 11 heteroatoms. The summed E-state index contributed by atoms with van der Waals surface area (Å²) in [5.74, 6) is -2.19. The maximum absolute atomic E-state index is 14.8. The number of nitrogens with one attached hydrogen (secondary N) is 3. The molecule has 3 aromatic carbocycles. The molecule has 3 heterocycles. The third-order valence-corrected chi connectivity index (χ3v) is 8.34. The molecule has 0 saturated carbocycles. The van der Waals surface area contributed by atoms with E-state index >= 15 is 0 Å². The topological polar surface area (TPSA) is 130 Å². The number of fused-ring (bicyclic) bond motifs is 12. The van der Waals surface area contributed by atoms with E-state index in [1.54, 1.807) is 43.6 Å². The van der Waals surface area contributed by atoms with Crippen LogP contribution in [0.15, 0.2) is 97.2 Å². The van der Waals surface area contributed by atoms with Crippen LogP contribution in [0.3, 0.4) is 0 Å². The molecular weight excluding hydrogens is 637 g/mol. The second-order valence-electron chi connectivity index (χ2n) is 13.0. The van der Waals surface area contributed by atoms with Crippen LogP contribution in [0.2, 0.25) is 0 Å². The number of halogens is 1. The molecule has 2 aliphatic heterocycles. The molecule has 4 amide bonds. The molecule has 0 fully saturated rings. The Kier molecular flexibility index (Phi) is 11.9. The highest BCUT2D eigenvalue weighted by Crippen LogP contribution is 2.27. The number of rotatable bonds is 7. The highest BCUT2D eigenvalue weighted by Gasteiger charge is 2.32. The average Bonchev–Trinajstić information content (AvgIpc) is 3.09. The first-order valence-electron chi connectivity index (χ1n) is 16.7. The Morgan fingerprint density at radius 1 is 0.880 bits per heavy atom. The lowest BCUT2D eigenvalue weighted by Gasteiger charge is -2.28. The zero-order chi connectivity index (χ0) is 35.6. The molecule has 10 nitrogen and oxygen atoms in total. The van der Waals surface area contributed by atoms with Gasteiger partial charge >= 0.3 is 0 Å². The van der Waals surface area contributed by atoms with Gasteiger partial charge in [0.05, 0.1) is 18.7 Å². The quantitative estimate of drug-likeness (QED) is 0.247. The molecule has 0 unspecified atom stereocenters. The van der Waals surface area contributed by atoms with Crippen molar-refractivity contribution < 1.29 is 28.3 Å². The molecule has 260 valence electrons. The van der Waals surface area contributed by atoms with E-state index in [0.29, 0.717) is 23.4 Å². The molecule has 3 atom stereocenters. The van der Waals surface area contributed by atoms with Gasteiger partial charge in [-0.15, -0.1) is 0 Å². The van der Waals surface area contributed by atoms with Gasteiger partial charge in [0.25, 0.3) is 0 Å². The molecule has 0 saturated heterocycles. The lowest BCUT2D eigenvalue weighted by molar-refractivity contribution is -0.137. The maximum atomic E-state index is 14.8. The molecule has 3 N–H and O–H groups in total. The summed E-state index contributed by atoms with van der Waals surface area (Å²) in [7, 11) is 1.64. The number of carbonyl (C=O) groups excluding carboxylic acids is 4. The number of aromatic nitrogens is 1. The number of pyridine rings is 1. The van der Waals surface area contributed by atoms with Crippen molar-refractivity contribution in [2.75, 3.05) is 7.05 Å². The first-order valence-corrected chi connectivity index (χ1v) is 16.7. The minimum Gasteiger partial charge on any atom is -0.454 e. The van der Waals surface area contributed by atoms with Gasteiger partial charge in [-0.25, -0.2) is 4.39 Å². The Bertz CT molecular complexity index is 1790. The van der Waals surface area contributed by atoms with Crippen molar-refractivity contribution in [2.24, 2.45) is 5.92 Å². The van der Waals surface area contributed by atoms with E-state index < -0.39 is 41.7 Å². The molecule has 1 aromatic heterocycles. The number of carbonyl (C=O) groups is 4. The summed E-state index contributed by atoms with van der Waals surface area (Å²) in [5, 5.41) is 8.60. The SMILES string of the molecule is CC(C)C[C@@H]1NC(=O)[C@@H](Cc2ccccc2)NC(=O)Cc2ccc(F)c(c2)Oc2ccc(cc2)C[C@H](C(=O)N(C)Cc2ccccn2)NC1=O. The Morgan fingerprint density at radius 2 is 1.58 bits per heavy atom. The smallest absolute Gasteiger partial charge is 0.245 e. The van der Waals surface area contributed by atoms with E-state index in [1.165, 1.54) is 23.1 Å². The third kappa shape index (κ3) is 9.97. The Balaban J connectivity index is 1.50. The van der Waals surface area contributed by atoms with Gasteiger partial charge in [-0.05, 0) is 65.4 Å². The van der Waals surface area contributed by atoms with Crippen LogP contribution in [-0.2, 0) is 45.0 Å². The summed E-state index contributed by atoms with van der Waals surface area (Å²) in [6.07, 6.45) is 2.10. The van der Waals surface area contributed by atoms with Crippen molar-refractivity contribution >= 4 is 23.6 Å². The Morgan fingerprint density at radius 3 is 2.28 bits per heavy atom. The molecule has 4 aromatic rings. The van der Waals surface area contributed by atoms with Crippen LogP contribution in [0.4, 0.5) is 4.39 Å². The standard InChI is InChI=1S/C39H42FN5O5/c1-25(2)19-32-37(47)44-34(39(49)45(3)24-29-11-7-8-18-41-29)21-27-12-15-30(16-13-27)50-35-22-28(14-17-31(35)40)23-36(46)42-33(38(48)43-32)20-26-9-5-4-6-10-26/h4-18,22,25,32-34H,19-21,23-24H2,1-3H3,(H,42,46)(H,43,48)(H,44,47)/t32-,33+,34+/m0/s1. The van der Waals surface area contributed by atoms with E-state index in [4.69, 9.17) is 4.74 Å². The van der Waals surface area contributed by atoms with Crippen molar-refractivity contribution in [2.45, 2.75) is 64.2 Å². The summed E-state index contributed by atoms with van der Waals surface area (Å²) in [5.41, 5.74) is 2.69. The molecular formula is C39H42FN5O5. The van der Waals surface area contributed by atoms with Crippen molar-refractivity contribution in [3.8, 4) is 11.5 Å². The molecule has 0 radical (unpaired) electrons. The zero-order valence-electron chi connectivity index (χ0n) is 28.4. The van der Waals surface area contributed by atoms with Gasteiger partial charge < -0.3 is 25.6 Å². The fourth-order valence-corrected chi connectivity index (χ4v) is 5.81. The normalized spacial score (nSPS) is 18.5. The molecule has 2 aliphatic rings. The second-order valence-corrected chi connectivity index (χ2v) is 13.0. The molecule has 4 bridgehead atoms. The minimum absolute atomic E-state index is 0.0102. The van der Waals surface area contributed by atoms with Crippen LogP contribution in [0.25, 0.3) is 0 Å². The summed E-state index contributed by atoms with van der Waals surface area (Å²) in [4.78, 5) is 61.0. The molecule has 0 spiro atoms. The molecule has 50 heavy (non-hydrogen) atoms. The van der Waals surface area contributed by atoms with Gasteiger partial charge in [-0.2, -0.15) is 0 Å². The minimum atomic E-state index is -1.03. The fourth-order valence-electron chi connectivity index (χ4n) is 5.81. The zero-order valence-corrected chi connectivity index (χ0v) is 28.4. The summed E-state index contributed by atoms with van der Waals surface area (Å²) in [6, 6.07) is 22.6. The second kappa shape index (κ2) is 16.7. The van der Waals surface area contributed by atoms with Gasteiger partial charge in [0.15, 0.2) is 11.6 Å². The lowest BCUT2D eigenvalue weighted by atomic mass is 9.99. The van der Waals surface area contributed by atoms with Crippen LogP contribution in [0, 0.1) is 11.7 Å². The monoisotopic (exact) mass is 679 g/mol. The van der Waals surface area contributed by atoms with Gasteiger partial charge in [0, 0.05) is 26.1 Å². The highest BCUT2D eigenvalue weighted by molar-refractivity contribution is 5.94. The summed E-state index contributed by atoms with van der Waals surface area (Å²) in [6.45, 7) is 4.08. The number of benzene rings is 3. The number of nitrogens with zero attached hydrogens (tertiary/aromatic N) is 2. The summed E-state index contributed by atoms with van der Waals surface area (Å²) < 4.78 is 20.7. The first kappa shape index (κ1) is 35.7. The van der Waals surface area contributed by atoms with Crippen molar-refractivity contribution in [1.29, 1.82) is 0 Å². The van der Waals surface area contributed by atoms with Crippen molar-refractivity contribution in [3.63, 3.8) is 0 Å². The highest BCUT2D eigenvalue weighted by atomic mass is 19.1. The number of likely N-dealkylation sites (N-methyl/N-ethyl adjacent to an activating group) is 1.